The molecule has 0 radical (unpaired) electrons. The van der Waals surface area contributed by atoms with Crippen molar-refractivity contribution in [3.63, 3.8) is 0 Å². The number of aliphatic carboxylic acids is 1. The number of rotatable bonds is 14. The molecule has 3 atom stereocenters. The molecule has 1 aromatic heterocycles. The van der Waals surface area contributed by atoms with Gasteiger partial charge >= 0.3 is 5.97 Å². The van der Waals surface area contributed by atoms with E-state index in [0.717, 1.165) is 0 Å². The summed E-state index contributed by atoms with van der Waals surface area (Å²) in [6.45, 7) is 7.07. The Morgan fingerprint density at radius 2 is 1.75 bits per heavy atom. The standard InChI is InChI=1S/C26H37N5O5/c1-17(2)12-20(24(34)30-27)22(25(35)36)26(13-18(3)4,21(32)14-31-11-10-28-16-31)15-29-23(33)19-8-6-5-7-9-19/h5-11,16-18,20,22H,12-15,27H2,1-4H3,(H,29,33)(H,30,34)(H,35,36)/t20-,22-,26?/m1/s1. The largest absolute Gasteiger partial charge is 0.481 e. The second kappa shape index (κ2) is 13.0. The maximum Gasteiger partial charge on any atom is 0.308 e. The fourth-order valence-electron chi connectivity index (χ4n) is 4.86. The second-order valence-corrected chi connectivity index (χ2v) is 10.0. The Morgan fingerprint density at radius 1 is 1.08 bits per heavy atom. The van der Waals surface area contributed by atoms with E-state index in [1.165, 1.54) is 12.5 Å². The van der Waals surface area contributed by atoms with Crippen LogP contribution in [0.25, 0.3) is 0 Å². The number of imidazole rings is 1. The van der Waals surface area contributed by atoms with Gasteiger partial charge in [-0.05, 0) is 36.8 Å². The minimum absolute atomic E-state index is 0.0476. The average molecular weight is 500 g/mol. The fourth-order valence-corrected chi connectivity index (χ4v) is 4.86. The van der Waals surface area contributed by atoms with Crippen molar-refractivity contribution in [3.8, 4) is 0 Å². The van der Waals surface area contributed by atoms with Gasteiger partial charge in [0.2, 0.25) is 5.91 Å². The molecule has 0 aliphatic rings. The lowest BCUT2D eigenvalue weighted by Gasteiger charge is -2.42. The van der Waals surface area contributed by atoms with Crippen molar-refractivity contribution in [3.05, 3.63) is 54.6 Å². The predicted molar refractivity (Wildman–Crippen MR) is 134 cm³/mol. The lowest BCUT2D eigenvalue weighted by atomic mass is 9.61. The first kappa shape index (κ1) is 28.7. The SMILES string of the molecule is CC(C)C[C@@H](C(=O)NN)[C@H](C(=O)O)C(CNC(=O)c1ccccc1)(CC(C)C)C(=O)Cn1ccnc1. The first-order valence-corrected chi connectivity index (χ1v) is 12.1. The zero-order valence-electron chi connectivity index (χ0n) is 21.3. The van der Waals surface area contributed by atoms with Gasteiger partial charge in [0.05, 0.1) is 30.1 Å². The molecular weight excluding hydrogens is 462 g/mol. The van der Waals surface area contributed by atoms with Gasteiger partial charge in [0.1, 0.15) is 0 Å². The van der Waals surface area contributed by atoms with Crippen molar-refractivity contribution < 1.29 is 24.3 Å². The molecule has 0 bridgehead atoms. The summed E-state index contributed by atoms with van der Waals surface area (Å²) in [4.78, 5) is 56.8. The van der Waals surface area contributed by atoms with Gasteiger partial charge in [-0.25, -0.2) is 10.8 Å². The number of hydrogen-bond donors (Lipinski definition) is 4. The summed E-state index contributed by atoms with van der Waals surface area (Å²) in [6, 6.07) is 8.46. The monoisotopic (exact) mass is 499 g/mol. The summed E-state index contributed by atoms with van der Waals surface area (Å²) >= 11 is 0. The van der Waals surface area contributed by atoms with Gasteiger partial charge in [0.25, 0.3) is 5.91 Å². The van der Waals surface area contributed by atoms with Gasteiger partial charge in [-0.15, -0.1) is 0 Å². The van der Waals surface area contributed by atoms with E-state index < -0.39 is 40.8 Å². The fraction of sp³-hybridized carbons (Fsp3) is 0.500. The number of hydrazine groups is 1. The van der Waals surface area contributed by atoms with Gasteiger partial charge < -0.3 is 15.0 Å². The maximum absolute atomic E-state index is 14.0. The third-order valence-electron chi connectivity index (χ3n) is 6.28. The Bertz CT molecular complexity index is 1020. The molecule has 2 amide bonds. The Kier molecular flexibility index (Phi) is 10.3. The summed E-state index contributed by atoms with van der Waals surface area (Å²) in [5.41, 5.74) is 0.872. The Labute approximate surface area is 211 Å². The topological polar surface area (TPSA) is 156 Å². The van der Waals surface area contributed by atoms with E-state index >= 15 is 0 Å². The summed E-state index contributed by atoms with van der Waals surface area (Å²) in [5.74, 6) is -0.0320. The van der Waals surface area contributed by atoms with E-state index in [4.69, 9.17) is 5.84 Å². The van der Waals surface area contributed by atoms with Crippen LogP contribution < -0.4 is 16.6 Å². The van der Waals surface area contributed by atoms with Crippen molar-refractivity contribution in [1.82, 2.24) is 20.3 Å². The minimum atomic E-state index is -1.60. The summed E-state index contributed by atoms with van der Waals surface area (Å²) in [7, 11) is 0. The third kappa shape index (κ3) is 7.24. The zero-order valence-corrected chi connectivity index (χ0v) is 21.3. The van der Waals surface area contributed by atoms with E-state index in [9.17, 15) is 24.3 Å². The molecule has 1 aromatic carbocycles. The molecule has 0 saturated carbocycles. The van der Waals surface area contributed by atoms with Crippen molar-refractivity contribution in [1.29, 1.82) is 0 Å². The maximum atomic E-state index is 14.0. The number of nitrogens with one attached hydrogen (secondary N) is 2. The minimum Gasteiger partial charge on any atom is -0.481 e. The van der Waals surface area contributed by atoms with Crippen molar-refractivity contribution in [2.24, 2.45) is 34.9 Å². The highest BCUT2D eigenvalue weighted by molar-refractivity contribution is 5.96. The number of carboxylic acids is 1. The van der Waals surface area contributed by atoms with Crippen LogP contribution in [-0.4, -0.2) is 44.8 Å². The van der Waals surface area contributed by atoms with Crippen molar-refractivity contribution >= 4 is 23.6 Å². The van der Waals surface area contributed by atoms with Gasteiger partial charge in [-0.2, -0.15) is 0 Å². The van der Waals surface area contributed by atoms with Crippen molar-refractivity contribution in [2.75, 3.05) is 6.54 Å². The van der Waals surface area contributed by atoms with E-state index in [2.05, 4.69) is 15.7 Å². The molecule has 2 aromatic rings. The van der Waals surface area contributed by atoms with E-state index in [-0.39, 0.29) is 37.8 Å². The first-order valence-electron chi connectivity index (χ1n) is 12.1. The van der Waals surface area contributed by atoms with Gasteiger partial charge in [-0.3, -0.25) is 24.6 Å². The number of Topliss-reactive ketones (excluding diaryl/α,β-unsaturated/α-hetero) is 1. The van der Waals surface area contributed by atoms with Crippen LogP contribution >= 0.6 is 0 Å². The molecule has 0 aliphatic heterocycles. The predicted octanol–water partition coefficient (Wildman–Crippen LogP) is 2.27. The Balaban J connectivity index is 2.64. The van der Waals surface area contributed by atoms with Crippen LogP contribution in [0.4, 0.5) is 0 Å². The number of nitrogens with zero attached hydrogens (tertiary/aromatic N) is 2. The quantitative estimate of drug-likeness (QED) is 0.176. The number of carboxylic acid groups (broad SMARTS) is 1. The first-order chi connectivity index (χ1) is 17.0. The molecule has 0 spiro atoms. The Hall–Kier alpha value is -3.53. The normalized spacial score (nSPS) is 14.6. The smallest absolute Gasteiger partial charge is 0.308 e. The number of amides is 2. The van der Waals surface area contributed by atoms with E-state index in [1.807, 2.05) is 27.7 Å². The highest BCUT2D eigenvalue weighted by Gasteiger charge is 2.54. The molecule has 2 rings (SSSR count). The summed E-state index contributed by atoms with van der Waals surface area (Å²) in [5, 5.41) is 13.3. The molecule has 1 heterocycles. The Morgan fingerprint density at radius 3 is 2.25 bits per heavy atom. The average Bonchev–Trinajstić information content (AvgIpc) is 3.34. The second-order valence-electron chi connectivity index (χ2n) is 10.0. The number of benzene rings is 1. The van der Waals surface area contributed by atoms with Crippen molar-refractivity contribution in [2.45, 2.75) is 47.1 Å². The third-order valence-corrected chi connectivity index (χ3v) is 6.28. The molecule has 0 fully saturated rings. The van der Waals surface area contributed by atoms with Gasteiger partial charge in [-0.1, -0.05) is 45.9 Å². The molecule has 10 heteroatoms. The van der Waals surface area contributed by atoms with Gasteiger partial charge in [0.15, 0.2) is 5.78 Å². The number of ketones is 1. The van der Waals surface area contributed by atoms with Crippen LogP contribution in [-0.2, 0) is 20.9 Å². The molecule has 10 nitrogen and oxygen atoms in total. The summed E-state index contributed by atoms with van der Waals surface area (Å²) < 4.78 is 1.55. The molecule has 0 aliphatic carbocycles. The number of aromatic nitrogens is 2. The molecule has 1 unspecified atom stereocenters. The van der Waals surface area contributed by atoms with E-state index in [1.54, 1.807) is 41.1 Å². The highest BCUT2D eigenvalue weighted by atomic mass is 16.4. The lowest BCUT2D eigenvalue weighted by Crippen LogP contribution is -2.57. The molecule has 5 N–H and O–H groups in total. The molecule has 36 heavy (non-hydrogen) atoms. The molecule has 196 valence electrons. The number of carbonyl (C=O) groups excluding carboxylic acids is 3. The van der Waals surface area contributed by atoms with Crippen LogP contribution in [0.2, 0.25) is 0 Å². The highest BCUT2D eigenvalue weighted by Crippen LogP contribution is 2.43. The van der Waals surface area contributed by atoms with Gasteiger partial charge in [0, 0.05) is 24.5 Å². The number of carbonyl (C=O) groups is 4. The summed E-state index contributed by atoms with van der Waals surface area (Å²) in [6.07, 6.45) is 4.93. The molecule has 0 saturated heterocycles. The van der Waals surface area contributed by atoms with Crippen LogP contribution in [0.3, 0.4) is 0 Å². The van der Waals surface area contributed by atoms with Crippen LogP contribution in [0.5, 0.6) is 0 Å². The van der Waals surface area contributed by atoms with E-state index in [0.29, 0.717) is 5.56 Å². The number of hydrogen-bond acceptors (Lipinski definition) is 6. The number of nitrogens with two attached hydrogens (primary N) is 1. The van der Waals surface area contributed by atoms with Crippen LogP contribution in [0.15, 0.2) is 49.1 Å². The van der Waals surface area contributed by atoms with Crippen LogP contribution in [0.1, 0.15) is 50.9 Å². The molecular formula is C26H37N5O5. The van der Waals surface area contributed by atoms with Crippen LogP contribution in [0, 0.1) is 29.1 Å². The lowest BCUT2D eigenvalue weighted by molar-refractivity contribution is -0.160. The zero-order chi connectivity index (χ0) is 26.9.